The molecule has 0 aliphatic heterocycles. The Labute approximate surface area is 233 Å². The number of alkyl halides is 2. The minimum Gasteiger partial charge on any atom is -0.494 e. The maximum Gasteiger partial charge on any atom is 0.273 e. The molecule has 3 aromatic carbocycles. The van der Waals surface area contributed by atoms with Gasteiger partial charge in [0.15, 0.2) is 0 Å². The highest BCUT2D eigenvalue weighted by atomic mass is 19.3. The van der Waals surface area contributed by atoms with E-state index in [1.54, 1.807) is 18.2 Å². The first-order chi connectivity index (χ1) is 18.9. The fourth-order valence-corrected chi connectivity index (χ4v) is 4.89. The average Bonchev–Trinajstić information content (AvgIpc) is 2.95. The fraction of sp³-hybridized carbons (Fsp3) is 0.486. The SMILES string of the molecule is CCCCCCCCCCCCOc1ccc(-c2ccc(-c3ccc(C(F)(F)CCCC)cc3)cc2F)cc1. The van der Waals surface area contributed by atoms with Crippen LogP contribution < -0.4 is 4.74 Å². The van der Waals surface area contributed by atoms with Gasteiger partial charge in [0.1, 0.15) is 11.6 Å². The molecule has 0 unspecified atom stereocenters. The molecule has 0 saturated heterocycles. The summed E-state index contributed by atoms with van der Waals surface area (Å²) in [5.41, 5.74) is 2.66. The second-order valence-electron chi connectivity index (χ2n) is 10.6. The van der Waals surface area contributed by atoms with Gasteiger partial charge in [0.2, 0.25) is 0 Å². The molecule has 0 aliphatic rings. The van der Waals surface area contributed by atoms with Crippen molar-refractivity contribution in [1.29, 1.82) is 0 Å². The third-order valence-corrected chi connectivity index (χ3v) is 7.39. The lowest BCUT2D eigenvalue weighted by Gasteiger charge is -2.17. The van der Waals surface area contributed by atoms with Gasteiger partial charge in [-0.2, -0.15) is 0 Å². The lowest BCUT2D eigenvalue weighted by Crippen LogP contribution is -2.12. The van der Waals surface area contributed by atoms with E-state index < -0.39 is 5.92 Å². The summed E-state index contributed by atoms with van der Waals surface area (Å²) in [6, 6.07) is 18.7. The fourth-order valence-electron chi connectivity index (χ4n) is 4.89. The highest BCUT2D eigenvalue weighted by Crippen LogP contribution is 2.35. The van der Waals surface area contributed by atoms with E-state index >= 15 is 4.39 Å². The molecule has 39 heavy (non-hydrogen) atoms. The zero-order valence-electron chi connectivity index (χ0n) is 23.8. The van der Waals surface area contributed by atoms with Crippen molar-refractivity contribution in [2.24, 2.45) is 0 Å². The summed E-state index contributed by atoms with van der Waals surface area (Å²) in [7, 11) is 0. The average molecular weight is 539 g/mol. The summed E-state index contributed by atoms with van der Waals surface area (Å²) in [6.45, 7) is 4.85. The van der Waals surface area contributed by atoms with Gasteiger partial charge in [-0.25, -0.2) is 13.2 Å². The Bertz CT molecular complexity index is 1090. The first kappa shape index (κ1) is 30.8. The van der Waals surface area contributed by atoms with E-state index in [4.69, 9.17) is 4.74 Å². The van der Waals surface area contributed by atoms with Gasteiger partial charge in [0.25, 0.3) is 5.92 Å². The standard InChI is InChI=1S/C35H45F3O/c1-3-5-7-8-9-10-11-12-13-14-26-39-32-22-17-29(18-23-32)33-24-19-30(27-34(33)36)28-15-20-31(21-16-28)35(37,38)25-6-4-2/h15-24,27H,3-14,25-26H2,1-2H3. The van der Waals surface area contributed by atoms with Crippen LogP contribution in [0.2, 0.25) is 0 Å². The Morgan fingerprint density at radius 3 is 1.72 bits per heavy atom. The van der Waals surface area contributed by atoms with Crippen LogP contribution in [0.25, 0.3) is 22.3 Å². The number of hydrogen-bond donors (Lipinski definition) is 0. The van der Waals surface area contributed by atoms with E-state index in [1.165, 1.54) is 76.0 Å². The quantitative estimate of drug-likeness (QED) is 0.146. The Balaban J connectivity index is 1.46. The maximum atomic E-state index is 15.0. The summed E-state index contributed by atoms with van der Waals surface area (Å²) in [5.74, 6) is -2.39. The number of hydrogen-bond acceptors (Lipinski definition) is 1. The van der Waals surface area contributed by atoms with Crippen LogP contribution >= 0.6 is 0 Å². The predicted octanol–water partition coefficient (Wildman–Crippen LogP) is 11.7. The number of benzene rings is 3. The Hall–Kier alpha value is -2.75. The van der Waals surface area contributed by atoms with E-state index in [0.29, 0.717) is 29.7 Å². The van der Waals surface area contributed by atoms with Crippen molar-refractivity contribution in [3.8, 4) is 28.0 Å². The number of halogens is 3. The monoisotopic (exact) mass is 538 g/mol. The summed E-state index contributed by atoms with van der Waals surface area (Å²) in [6.07, 6.45) is 14.0. The minimum atomic E-state index is -2.84. The van der Waals surface area contributed by atoms with E-state index in [2.05, 4.69) is 6.92 Å². The summed E-state index contributed by atoms with van der Waals surface area (Å²) < 4.78 is 49.6. The van der Waals surface area contributed by atoms with E-state index in [0.717, 1.165) is 24.2 Å². The van der Waals surface area contributed by atoms with Crippen LogP contribution in [0.1, 0.15) is 103 Å². The molecule has 4 heteroatoms. The van der Waals surface area contributed by atoms with E-state index in [-0.39, 0.29) is 17.8 Å². The van der Waals surface area contributed by atoms with Crippen molar-refractivity contribution in [3.05, 3.63) is 78.1 Å². The molecule has 1 nitrogen and oxygen atoms in total. The molecule has 3 rings (SSSR count). The smallest absolute Gasteiger partial charge is 0.273 e. The second-order valence-corrected chi connectivity index (χ2v) is 10.6. The molecule has 0 atom stereocenters. The molecule has 0 N–H and O–H groups in total. The summed E-state index contributed by atoms with van der Waals surface area (Å²) in [5, 5.41) is 0. The topological polar surface area (TPSA) is 9.23 Å². The van der Waals surface area contributed by atoms with Gasteiger partial charge in [0.05, 0.1) is 6.61 Å². The van der Waals surface area contributed by atoms with Crippen LogP contribution in [0.3, 0.4) is 0 Å². The molecule has 0 radical (unpaired) electrons. The third-order valence-electron chi connectivity index (χ3n) is 7.39. The van der Waals surface area contributed by atoms with Gasteiger partial charge < -0.3 is 4.74 Å². The molecular weight excluding hydrogens is 493 g/mol. The van der Waals surface area contributed by atoms with Crippen LogP contribution in [0, 0.1) is 5.82 Å². The van der Waals surface area contributed by atoms with Crippen LogP contribution in [0.5, 0.6) is 5.75 Å². The molecule has 0 spiro atoms. The zero-order chi connectivity index (χ0) is 27.9. The number of unbranched alkanes of at least 4 members (excludes halogenated alkanes) is 10. The van der Waals surface area contributed by atoms with Crippen LogP contribution in [-0.2, 0) is 5.92 Å². The molecule has 0 heterocycles. The van der Waals surface area contributed by atoms with Crippen LogP contribution in [0.4, 0.5) is 13.2 Å². The van der Waals surface area contributed by atoms with Gasteiger partial charge >= 0.3 is 0 Å². The lowest BCUT2D eigenvalue weighted by molar-refractivity contribution is -0.0154. The molecule has 0 fully saturated rings. The first-order valence-electron chi connectivity index (χ1n) is 15.0. The lowest BCUT2D eigenvalue weighted by atomic mass is 9.97. The summed E-state index contributed by atoms with van der Waals surface area (Å²) >= 11 is 0. The Morgan fingerprint density at radius 2 is 1.13 bits per heavy atom. The molecule has 212 valence electrons. The molecule has 0 amide bonds. The predicted molar refractivity (Wildman–Crippen MR) is 158 cm³/mol. The van der Waals surface area contributed by atoms with Crippen molar-refractivity contribution in [2.45, 2.75) is 103 Å². The minimum absolute atomic E-state index is 0.00673. The van der Waals surface area contributed by atoms with E-state index in [1.807, 2.05) is 37.3 Å². The van der Waals surface area contributed by atoms with E-state index in [9.17, 15) is 8.78 Å². The first-order valence-corrected chi connectivity index (χ1v) is 15.0. The van der Waals surface area contributed by atoms with Crippen molar-refractivity contribution in [3.63, 3.8) is 0 Å². The van der Waals surface area contributed by atoms with Gasteiger partial charge in [-0.15, -0.1) is 0 Å². The molecule has 0 aliphatic carbocycles. The highest BCUT2D eigenvalue weighted by Gasteiger charge is 2.30. The van der Waals surface area contributed by atoms with Crippen molar-refractivity contribution < 1.29 is 17.9 Å². The Kier molecular flexibility index (Phi) is 12.9. The molecular formula is C35H45F3O. The molecule has 0 bridgehead atoms. The van der Waals surface area contributed by atoms with Crippen molar-refractivity contribution >= 4 is 0 Å². The largest absolute Gasteiger partial charge is 0.494 e. The molecule has 0 saturated carbocycles. The third kappa shape index (κ3) is 10.1. The number of ether oxygens (including phenoxy) is 1. The molecule has 3 aromatic rings. The van der Waals surface area contributed by atoms with Gasteiger partial charge in [-0.05, 0) is 47.7 Å². The summed E-state index contributed by atoms with van der Waals surface area (Å²) in [4.78, 5) is 0. The maximum absolute atomic E-state index is 15.0. The van der Waals surface area contributed by atoms with Crippen LogP contribution in [-0.4, -0.2) is 6.61 Å². The Morgan fingerprint density at radius 1 is 0.590 bits per heavy atom. The number of rotatable bonds is 18. The normalized spacial score (nSPS) is 11.6. The second kappa shape index (κ2) is 16.4. The molecule has 0 aromatic heterocycles. The van der Waals surface area contributed by atoms with Gasteiger partial charge in [-0.1, -0.05) is 127 Å². The van der Waals surface area contributed by atoms with Gasteiger partial charge in [-0.3, -0.25) is 0 Å². The highest BCUT2D eigenvalue weighted by molar-refractivity contribution is 5.71. The zero-order valence-corrected chi connectivity index (χ0v) is 23.8. The van der Waals surface area contributed by atoms with Crippen molar-refractivity contribution in [2.75, 3.05) is 6.61 Å². The van der Waals surface area contributed by atoms with Crippen LogP contribution in [0.15, 0.2) is 66.7 Å². The van der Waals surface area contributed by atoms with Crippen molar-refractivity contribution in [1.82, 2.24) is 0 Å². The van der Waals surface area contributed by atoms with Gasteiger partial charge in [0, 0.05) is 17.5 Å².